The predicted octanol–water partition coefficient (Wildman–Crippen LogP) is 1.60. The van der Waals surface area contributed by atoms with E-state index in [4.69, 9.17) is 5.73 Å². The molecule has 4 nitrogen and oxygen atoms in total. The van der Waals surface area contributed by atoms with Gasteiger partial charge < -0.3 is 11.1 Å². The van der Waals surface area contributed by atoms with Crippen LogP contribution >= 0.6 is 31.9 Å². The number of ketones is 1. The molecule has 0 aromatic rings. The third-order valence-electron chi connectivity index (χ3n) is 5.46. The maximum Gasteiger partial charge on any atom is 0.228 e. The minimum absolute atomic E-state index is 0.0431. The molecule has 0 radical (unpaired) electrons. The first kappa shape index (κ1) is 15.4. The summed E-state index contributed by atoms with van der Waals surface area (Å²) in [4.78, 5) is 24.9. The molecular formula is C13H20Br2N2O2. The molecule has 2 bridgehead atoms. The third kappa shape index (κ3) is 1.59. The van der Waals surface area contributed by atoms with Crippen LogP contribution in [0, 0.1) is 16.2 Å². The Labute approximate surface area is 130 Å². The number of hydrogen-bond acceptors (Lipinski definition) is 3. The van der Waals surface area contributed by atoms with Gasteiger partial charge in [0.25, 0.3) is 0 Å². The zero-order valence-electron chi connectivity index (χ0n) is 11.3. The highest BCUT2D eigenvalue weighted by molar-refractivity contribution is 9.10. The van der Waals surface area contributed by atoms with Gasteiger partial charge in [-0.1, -0.05) is 45.7 Å². The zero-order chi connectivity index (χ0) is 14.5. The first-order chi connectivity index (χ1) is 8.81. The highest BCUT2D eigenvalue weighted by atomic mass is 79.9. The van der Waals surface area contributed by atoms with E-state index in [0.717, 1.165) is 12.8 Å². The molecule has 3 atom stereocenters. The van der Waals surface area contributed by atoms with E-state index in [2.05, 4.69) is 37.2 Å². The minimum Gasteiger partial charge on any atom is -0.354 e. The van der Waals surface area contributed by atoms with E-state index in [-0.39, 0.29) is 17.1 Å². The normalized spacial score (nSPS) is 39.6. The Kier molecular flexibility index (Phi) is 3.91. The van der Waals surface area contributed by atoms with Gasteiger partial charge in [0, 0.05) is 23.8 Å². The molecule has 0 aromatic carbocycles. The molecule has 1 amide bonds. The van der Waals surface area contributed by atoms with Gasteiger partial charge in [-0.3, -0.25) is 9.59 Å². The Bertz CT molecular complexity index is 427. The highest BCUT2D eigenvalue weighted by Crippen LogP contribution is 2.72. The van der Waals surface area contributed by atoms with Crippen molar-refractivity contribution < 1.29 is 9.59 Å². The fraction of sp³-hybridized carbons (Fsp3) is 0.846. The SMILES string of the molecule is CC1(C)[C@]2(CBr)CC[C@]1(C(=O)NCCN)[C@@H](Br)C2=O. The van der Waals surface area contributed by atoms with Gasteiger partial charge in [0.15, 0.2) is 5.78 Å². The van der Waals surface area contributed by atoms with Crippen molar-refractivity contribution >= 4 is 43.6 Å². The van der Waals surface area contributed by atoms with Crippen LogP contribution in [0.1, 0.15) is 26.7 Å². The van der Waals surface area contributed by atoms with Crippen molar-refractivity contribution in [3.8, 4) is 0 Å². The van der Waals surface area contributed by atoms with Crippen molar-refractivity contribution in [2.45, 2.75) is 31.5 Å². The molecule has 2 rings (SSSR count). The van der Waals surface area contributed by atoms with E-state index in [0.29, 0.717) is 18.4 Å². The number of carbonyl (C=O) groups excluding carboxylic acids is 2. The first-order valence-electron chi connectivity index (χ1n) is 6.54. The van der Waals surface area contributed by atoms with Crippen LogP contribution in [0.3, 0.4) is 0 Å². The number of carbonyl (C=O) groups is 2. The summed E-state index contributed by atoms with van der Waals surface area (Å²) in [6, 6.07) is 0. The number of amides is 1. The number of nitrogens with two attached hydrogens (primary N) is 1. The highest BCUT2D eigenvalue weighted by Gasteiger charge is 2.77. The second kappa shape index (κ2) is 4.81. The molecule has 19 heavy (non-hydrogen) atoms. The lowest BCUT2D eigenvalue weighted by molar-refractivity contribution is -0.135. The van der Waals surface area contributed by atoms with Crippen LogP contribution in [0.5, 0.6) is 0 Å². The molecule has 0 unspecified atom stereocenters. The molecule has 0 spiro atoms. The summed E-state index contributed by atoms with van der Waals surface area (Å²) in [6.07, 6.45) is 1.51. The van der Waals surface area contributed by atoms with Crippen molar-refractivity contribution in [3.05, 3.63) is 0 Å². The van der Waals surface area contributed by atoms with Crippen LogP contribution in [0.15, 0.2) is 0 Å². The number of rotatable bonds is 4. The van der Waals surface area contributed by atoms with Gasteiger partial charge in [0.2, 0.25) is 5.91 Å². The minimum atomic E-state index is -0.660. The van der Waals surface area contributed by atoms with E-state index < -0.39 is 15.7 Å². The number of fused-ring (bicyclic) bond motifs is 2. The summed E-state index contributed by atoms with van der Waals surface area (Å²) >= 11 is 7.00. The quantitative estimate of drug-likeness (QED) is 0.710. The molecule has 0 aliphatic heterocycles. The van der Waals surface area contributed by atoms with E-state index in [1.807, 2.05) is 13.8 Å². The average molecular weight is 396 g/mol. The van der Waals surface area contributed by atoms with Crippen LogP contribution in [-0.4, -0.2) is 34.9 Å². The van der Waals surface area contributed by atoms with Gasteiger partial charge >= 0.3 is 0 Å². The van der Waals surface area contributed by atoms with Crippen molar-refractivity contribution in [2.24, 2.45) is 22.0 Å². The molecule has 0 aromatic heterocycles. The fourth-order valence-electron chi connectivity index (χ4n) is 3.96. The van der Waals surface area contributed by atoms with E-state index in [1.165, 1.54) is 0 Å². The zero-order valence-corrected chi connectivity index (χ0v) is 14.4. The van der Waals surface area contributed by atoms with Gasteiger partial charge in [-0.05, 0) is 18.3 Å². The first-order valence-corrected chi connectivity index (χ1v) is 8.58. The smallest absolute Gasteiger partial charge is 0.228 e. The summed E-state index contributed by atoms with van der Waals surface area (Å²) in [6.45, 7) is 4.95. The Morgan fingerprint density at radius 1 is 1.47 bits per heavy atom. The molecule has 108 valence electrons. The lowest BCUT2D eigenvalue weighted by Crippen LogP contribution is -2.51. The summed E-state index contributed by atoms with van der Waals surface area (Å²) in [7, 11) is 0. The number of alkyl halides is 2. The van der Waals surface area contributed by atoms with Crippen LogP contribution in [0.2, 0.25) is 0 Å². The topological polar surface area (TPSA) is 72.2 Å². The van der Waals surface area contributed by atoms with Crippen molar-refractivity contribution in [1.82, 2.24) is 5.32 Å². The van der Waals surface area contributed by atoms with Crippen LogP contribution in [-0.2, 0) is 9.59 Å². The number of halogens is 2. The summed E-state index contributed by atoms with van der Waals surface area (Å²) in [5.74, 6) is 0.113. The summed E-state index contributed by atoms with van der Waals surface area (Å²) in [5.41, 5.74) is 3.98. The van der Waals surface area contributed by atoms with E-state index in [9.17, 15) is 9.59 Å². The van der Waals surface area contributed by atoms with Crippen LogP contribution < -0.4 is 11.1 Å². The van der Waals surface area contributed by atoms with E-state index >= 15 is 0 Å². The van der Waals surface area contributed by atoms with Gasteiger partial charge in [-0.2, -0.15) is 0 Å². The maximum absolute atomic E-state index is 12.6. The summed E-state index contributed by atoms with van der Waals surface area (Å²) in [5, 5.41) is 3.49. The lowest BCUT2D eigenvalue weighted by atomic mass is 9.64. The molecule has 2 saturated carbocycles. The van der Waals surface area contributed by atoms with Crippen LogP contribution in [0.4, 0.5) is 0 Å². The molecule has 3 N–H and O–H groups in total. The number of hydrogen-bond donors (Lipinski definition) is 2. The molecule has 0 saturated heterocycles. The Morgan fingerprint density at radius 2 is 2.11 bits per heavy atom. The standard InChI is InChI=1S/C13H20Br2N2O2/c1-11(2)12(7-14)3-4-13(11,8(15)9(12)18)10(19)17-6-5-16/h8H,3-7,16H2,1-2H3,(H,17,19)/t8-,12-,13+/m0/s1. The second-order valence-corrected chi connectivity index (χ2v) is 7.56. The maximum atomic E-state index is 12.6. The molecule has 2 aliphatic rings. The lowest BCUT2D eigenvalue weighted by Gasteiger charge is -2.40. The summed E-state index contributed by atoms with van der Waals surface area (Å²) < 4.78 is 0. The van der Waals surface area contributed by atoms with Gasteiger partial charge in [0.1, 0.15) is 0 Å². The van der Waals surface area contributed by atoms with Crippen molar-refractivity contribution in [3.63, 3.8) is 0 Å². The molecule has 2 aliphatic carbocycles. The molecule has 2 fully saturated rings. The third-order valence-corrected chi connectivity index (χ3v) is 7.61. The van der Waals surface area contributed by atoms with Crippen molar-refractivity contribution in [1.29, 1.82) is 0 Å². The Balaban J connectivity index is 2.46. The Hall–Kier alpha value is 0.0600. The average Bonchev–Trinajstić information content (AvgIpc) is 2.69. The van der Waals surface area contributed by atoms with Crippen LogP contribution in [0.25, 0.3) is 0 Å². The number of nitrogens with one attached hydrogen (secondary N) is 1. The molecule has 6 heteroatoms. The second-order valence-electron chi connectivity index (χ2n) is 6.08. The number of Topliss-reactive ketones (excluding diaryl/α,β-unsaturated/α-hetero) is 1. The molecular weight excluding hydrogens is 376 g/mol. The largest absolute Gasteiger partial charge is 0.354 e. The van der Waals surface area contributed by atoms with Gasteiger partial charge in [-0.25, -0.2) is 0 Å². The molecule has 0 heterocycles. The van der Waals surface area contributed by atoms with Gasteiger partial charge in [-0.15, -0.1) is 0 Å². The van der Waals surface area contributed by atoms with Gasteiger partial charge in [0.05, 0.1) is 10.2 Å². The fourth-order valence-corrected chi connectivity index (χ4v) is 6.66. The predicted molar refractivity (Wildman–Crippen MR) is 81.5 cm³/mol. The van der Waals surface area contributed by atoms with Crippen molar-refractivity contribution in [2.75, 3.05) is 18.4 Å². The monoisotopic (exact) mass is 394 g/mol. The van der Waals surface area contributed by atoms with E-state index in [1.54, 1.807) is 0 Å². The Morgan fingerprint density at radius 3 is 2.58 bits per heavy atom.